The predicted molar refractivity (Wildman–Crippen MR) is 58.6 cm³/mol. The second kappa shape index (κ2) is 4.27. The van der Waals surface area contributed by atoms with Crippen LogP contribution in [0.2, 0.25) is 0 Å². The van der Waals surface area contributed by atoms with Crippen LogP contribution < -0.4 is 5.32 Å². The summed E-state index contributed by atoms with van der Waals surface area (Å²) in [5, 5.41) is 2.83. The van der Waals surface area contributed by atoms with Crippen molar-refractivity contribution in [1.29, 1.82) is 0 Å². The molecule has 0 aliphatic carbocycles. The molecule has 14 heavy (non-hydrogen) atoms. The van der Waals surface area contributed by atoms with Gasteiger partial charge in [0.2, 0.25) is 5.91 Å². The lowest BCUT2D eigenvalue weighted by molar-refractivity contribution is -0.118. The van der Waals surface area contributed by atoms with E-state index in [1.165, 1.54) is 0 Å². The summed E-state index contributed by atoms with van der Waals surface area (Å²) in [6.45, 7) is 10.1. The van der Waals surface area contributed by atoms with E-state index < -0.39 is 0 Å². The average molecular weight is 191 g/mol. The molecular weight excluding hydrogens is 174 g/mol. The SMILES string of the molecule is C=C(/C=C1/NC(=O)C/C1=C/C)C(C)C. The number of amides is 1. The van der Waals surface area contributed by atoms with Crippen molar-refractivity contribution in [3.05, 3.63) is 35.6 Å². The zero-order chi connectivity index (χ0) is 10.7. The molecule has 0 unspecified atom stereocenters. The summed E-state index contributed by atoms with van der Waals surface area (Å²) in [6, 6.07) is 0. The van der Waals surface area contributed by atoms with Gasteiger partial charge in [-0.3, -0.25) is 4.79 Å². The smallest absolute Gasteiger partial charge is 0.228 e. The molecule has 1 rings (SSSR count). The summed E-state index contributed by atoms with van der Waals surface area (Å²) in [7, 11) is 0. The van der Waals surface area contributed by atoms with E-state index in [9.17, 15) is 4.79 Å². The topological polar surface area (TPSA) is 29.1 Å². The highest BCUT2D eigenvalue weighted by Gasteiger charge is 2.19. The molecule has 0 radical (unpaired) electrons. The van der Waals surface area contributed by atoms with E-state index in [1.807, 2.05) is 19.1 Å². The molecule has 1 aliphatic rings. The van der Waals surface area contributed by atoms with Crippen molar-refractivity contribution in [3.8, 4) is 0 Å². The van der Waals surface area contributed by atoms with Crippen LogP contribution >= 0.6 is 0 Å². The van der Waals surface area contributed by atoms with Crippen molar-refractivity contribution in [3.63, 3.8) is 0 Å². The fourth-order valence-electron chi connectivity index (χ4n) is 1.28. The normalized spacial score (nSPS) is 22.1. The Bertz CT molecular complexity index is 321. The fourth-order valence-corrected chi connectivity index (χ4v) is 1.28. The van der Waals surface area contributed by atoms with Gasteiger partial charge in [0, 0.05) is 5.70 Å². The molecule has 1 aliphatic heterocycles. The number of hydrogen-bond acceptors (Lipinski definition) is 1. The summed E-state index contributed by atoms with van der Waals surface area (Å²) in [4.78, 5) is 11.2. The van der Waals surface area contributed by atoms with Crippen LogP contribution in [0, 0.1) is 5.92 Å². The molecular formula is C12H17NO. The maximum Gasteiger partial charge on any atom is 0.228 e. The molecule has 1 saturated heterocycles. The molecule has 0 atom stereocenters. The van der Waals surface area contributed by atoms with E-state index in [1.54, 1.807) is 0 Å². The first kappa shape index (κ1) is 10.8. The Morgan fingerprint density at radius 3 is 2.71 bits per heavy atom. The monoisotopic (exact) mass is 191 g/mol. The number of rotatable bonds is 2. The van der Waals surface area contributed by atoms with E-state index in [-0.39, 0.29) is 5.91 Å². The van der Waals surface area contributed by atoms with E-state index in [2.05, 4.69) is 25.7 Å². The molecule has 76 valence electrons. The van der Waals surface area contributed by atoms with Crippen LogP contribution in [-0.2, 0) is 4.79 Å². The minimum Gasteiger partial charge on any atom is -0.326 e. The number of nitrogens with one attached hydrogen (secondary N) is 1. The number of allylic oxidation sites excluding steroid dienone is 4. The standard InChI is InChI=1S/C12H17NO/c1-5-10-7-12(14)13-11(10)6-9(4)8(2)3/h5-6,8H,4,7H2,1-3H3,(H,13,14)/b10-5-,11-6+. The van der Waals surface area contributed by atoms with Crippen LogP contribution in [0.15, 0.2) is 35.6 Å². The Hall–Kier alpha value is -1.31. The first-order valence-electron chi connectivity index (χ1n) is 4.90. The zero-order valence-electron chi connectivity index (χ0n) is 9.05. The maximum atomic E-state index is 11.2. The van der Waals surface area contributed by atoms with Gasteiger partial charge in [-0.2, -0.15) is 0 Å². The molecule has 1 heterocycles. The number of carbonyl (C=O) groups excluding carboxylic acids is 1. The zero-order valence-corrected chi connectivity index (χ0v) is 9.05. The molecule has 0 aromatic rings. The second-order valence-corrected chi connectivity index (χ2v) is 3.83. The second-order valence-electron chi connectivity index (χ2n) is 3.83. The van der Waals surface area contributed by atoms with E-state index in [0.29, 0.717) is 12.3 Å². The van der Waals surface area contributed by atoms with Gasteiger partial charge in [0.1, 0.15) is 0 Å². The van der Waals surface area contributed by atoms with Gasteiger partial charge in [0.05, 0.1) is 6.42 Å². The summed E-state index contributed by atoms with van der Waals surface area (Å²) in [5.74, 6) is 0.485. The molecule has 0 bridgehead atoms. The van der Waals surface area contributed by atoms with Gasteiger partial charge >= 0.3 is 0 Å². The number of hydrogen-bond donors (Lipinski definition) is 1. The minimum atomic E-state index is 0.0703. The third-order valence-corrected chi connectivity index (χ3v) is 2.39. The van der Waals surface area contributed by atoms with Crippen LogP contribution in [0.25, 0.3) is 0 Å². The minimum absolute atomic E-state index is 0.0703. The summed E-state index contributed by atoms with van der Waals surface area (Å²) < 4.78 is 0. The van der Waals surface area contributed by atoms with E-state index >= 15 is 0 Å². The fraction of sp³-hybridized carbons (Fsp3) is 0.417. The molecule has 2 heteroatoms. The molecule has 1 amide bonds. The third kappa shape index (κ3) is 2.34. The lowest BCUT2D eigenvalue weighted by atomic mass is 10.0. The van der Waals surface area contributed by atoms with Gasteiger partial charge in [-0.1, -0.05) is 32.1 Å². The highest BCUT2D eigenvalue weighted by molar-refractivity contribution is 5.87. The first-order valence-corrected chi connectivity index (χ1v) is 4.90. The van der Waals surface area contributed by atoms with Crippen molar-refractivity contribution in [2.24, 2.45) is 5.92 Å². The molecule has 2 nitrogen and oxygen atoms in total. The Morgan fingerprint density at radius 2 is 2.21 bits per heavy atom. The van der Waals surface area contributed by atoms with Crippen LogP contribution in [0.1, 0.15) is 27.2 Å². The van der Waals surface area contributed by atoms with Gasteiger partial charge in [-0.05, 0) is 24.5 Å². The van der Waals surface area contributed by atoms with Crippen molar-refractivity contribution < 1.29 is 4.79 Å². The lowest BCUT2D eigenvalue weighted by Crippen LogP contribution is -2.12. The summed E-state index contributed by atoms with van der Waals surface area (Å²) in [5.41, 5.74) is 3.02. The van der Waals surface area contributed by atoms with Crippen LogP contribution in [0.3, 0.4) is 0 Å². The molecule has 0 aromatic carbocycles. The van der Waals surface area contributed by atoms with Crippen molar-refractivity contribution in [1.82, 2.24) is 5.32 Å². The molecule has 0 saturated carbocycles. The first-order chi connectivity index (χ1) is 6.54. The van der Waals surface area contributed by atoms with Crippen molar-refractivity contribution >= 4 is 5.91 Å². The Morgan fingerprint density at radius 1 is 1.57 bits per heavy atom. The highest BCUT2D eigenvalue weighted by atomic mass is 16.1. The number of carbonyl (C=O) groups is 1. The maximum absolute atomic E-state index is 11.2. The highest BCUT2D eigenvalue weighted by Crippen LogP contribution is 2.21. The molecule has 0 spiro atoms. The van der Waals surface area contributed by atoms with E-state index in [4.69, 9.17) is 0 Å². The third-order valence-electron chi connectivity index (χ3n) is 2.39. The Balaban J connectivity index is 2.87. The van der Waals surface area contributed by atoms with Gasteiger partial charge in [0.15, 0.2) is 0 Å². The molecule has 1 fully saturated rings. The van der Waals surface area contributed by atoms with Gasteiger partial charge in [-0.15, -0.1) is 0 Å². The van der Waals surface area contributed by atoms with Gasteiger partial charge in [-0.25, -0.2) is 0 Å². The molecule has 1 N–H and O–H groups in total. The van der Waals surface area contributed by atoms with Crippen molar-refractivity contribution in [2.75, 3.05) is 0 Å². The predicted octanol–water partition coefficient (Wildman–Crippen LogP) is 2.55. The van der Waals surface area contributed by atoms with Crippen LogP contribution in [-0.4, -0.2) is 5.91 Å². The van der Waals surface area contributed by atoms with E-state index in [0.717, 1.165) is 16.8 Å². The summed E-state index contributed by atoms with van der Waals surface area (Å²) in [6.07, 6.45) is 4.43. The Labute approximate surface area is 85.4 Å². The van der Waals surface area contributed by atoms with Gasteiger partial charge < -0.3 is 5.32 Å². The quantitative estimate of drug-likeness (QED) is 0.714. The van der Waals surface area contributed by atoms with Gasteiger partial charge in [0.25, 0.3) is 0 Å². The van der Waals surface area contributed by atoms with Crippen molar-refractivity contribution in [2.45, 2.75) is 27.2 Å². The molecule has 0 aromatic heterocycles. The average Bonchev–Trinajstić information content (AvgIpc) is 2.45. The Kier molecular flexibility index (Phi) is 3.28. The lowest BCUT2D eigenvalue weighted by Gasteiger charge is -2.06. The van der Waals surface area contributed by atoms with Crippen LogP contribution in [0.4, 0.5) is 0 Å². The van der Waals surface area contributed by atoms with Crippen LogP contribution in [0.5, 0.6) is 0 Å². The largest absolute Gasteiger partial charge is 0.326 e. The summed E-state index contributed by atoms with van der Waals surface area (Å²) >= 11 is 0.